The van der Waals surface area contributed by atoms with Gasteiger partial charge >= 0.3 is 0 Å². The molecule has 1 rings (SSSR count). The minimum Gasteiger partial charge on any atom is -0.496 e. The summed E-state index contributed by atoms with van der Waals surface area (Å²) >= 11 is 0. The van der Waals surface area contributed by atoms with Gasteiger partial charge in [0.05, 0.1) is 28.8 Å². The van der Waals surface area contributed by atoms with Crippen molar-refractivity contribution in [1.29, 1.82) is 4.78 Å². The number of methoxy groups -OCH3 is 2. The van der Waals surface area contributed by atoms with Gasteiger partial charge in [0.25, 0.3) is 0 Å². The average molecular weight is 258 g/mol. The van der Waals surface area contributed by atoms with E-state index in [1.165, 1.54) is 20.5 Å². The molecule has 0 aliphatic rings. The Balaban J connectivity index is 3.43. The summed E-state index contributed by atoms with van der Waals surface area (Å²) in [6, 6.07) is 3.33. The van der Waals surface area contributed by atoms with Crippen molar-refractivity contribution in [3.8, 4) is 11.5 Å². The highest BCUT2D eigenvalue weighted by atomic mass is 32.2. The molecule has 0 saturated heterocycles. The van der Waals surface area contributed by atoms with E-state index in [2.05, 4.69) is 0 Å². The summed E-state index contributed by atoms with van der Waals surface area (Å²) in [5, 5.41) is 0. The molecule has 6 heteroatoms. The Kier molecular flexibility index (Phi) is 4.36. The van der Waals surface area contributed by atoms with Crippen molar-refractivity contribution >= 4 is 9.73 Å². The largest absolute Gasteiger partial charge is 0.496 e. The standard InChI is InChI=1S/C11H18N2O3S/c1-15-9-7-11(17(3,13)14)10(16-2)6-8(9)4-5-12/h6-7,13H,4-5,12H2,1-3H3. The molecule has 1 unspecified atom stereocenters. The normalized spacial score (nSPS) is 14.1. The zero-order valence-corrected chi connectivity index (χ0v) is 11.1. The number of nitrogens with two attached hydrogens (primary N) is 1. The predicted molar refractivity (Wildman–Crippen MR) is 67.4 cm³/mol. The van der Waals surface area contributed by atoms with Gasteiger partial charge in [-0.25, -0.2) is 8.99 Å². The minimum absolute atomic E-state index is 0.345. The van der Waals surface area contributed by atoms with Crippen molar-refractivity contribution in [1.82, 2.24) is 0 Å². The van der Waals surface area contributed by atoms with Gasteiger partial charge < -0.3 is 15.2 Å². The fourth-order valence-corrected chi connectivity index (χ4v) is 2.45. The third kappa shape index (κ3) is 3.10. The fraction of sp³-hybridized carbons (Fsp3) is 0.455. The van der Waals surface area contributed by atoms with Gasteiger partial charge in [0.1, 0.15) is 11.5 Å². The highest BCUT2D eigenvalue weighted by Crippen LogP contribution is 2.32. The quantitative estimate of drug-likeness (QED) is 0.832. The summed E-state index contributed by atoms with van der Waals surface area (Å²) in [7, 11) is 0.177. The molecule has 0 aliphatic carbocycles. The molecule has 3 N–H and O–H groups in total. The summed E-state index contributed by atoms with van der Waals surface area (Å²) < 4.78 is 29.8. The average Bonchev–Trinajstić information content (AvgIpc) is 2.27. The molecule has 0 heterocycles. The molecule has 0 amide bonds. The Morgan fingerprint density at radius 1 is 1.29 bits per heavy atom. The topological polar surface area (TPSA) is 85.4 Å². The lowest BCUT2D eigenvalue weighted by molar-refractivity contribution is 0.389. The first-order valence-corrected chi connectivity index (χ1v) is 7.09. The van der Waals surface area contributed by atoms with Crippen LogP contribution in [0.4, 0.5) is 0 Å². The van der Waals surface area contributed by atoms with Gasteiger partial charge in [-0.1, -0.05) is 0 Å². The molecule has 1 aromatic carbocycles. The van der Waals surface area contributed by atoms with Crippen LogP contribution in [0.1, 0.15) is 5.56 Å². The van der Waals surface area contributed by atoms with E-state index in [0.29, 0.717) is 29.4 Å². The van der Waals surface area contributed by atoms with Gasteiger partial charge in [-0.3, -0.25) is 0 Å². The molecule has 0 bridgehead atoms. The van der Waals surface area contributed by atoms with Gasteiger partial charge in [0, 0.05) is 12.3 Å². The summed E-state index contributed by atoms with van der Waals surface area (Å²) in [5.74, 6) is 1.03. The monoisotopic (exact) mass is 258 g/mol. The maximum absolute atomic E-state index is 11.8. The van der Waals surface area contributed by atoms with Crippen LogP contribution in [0.15, 0.2) is 17.0 Å². The van der Waals surface area contributed by atoms with Crippen molar-refractivity contribution < 1.29 is 13.7 Å². The van der Waals surface area contributed by atoms with Crippen LogP contribution < -0.4 is 15.2 Å². The van der Waals surface area contributed by atoms with Crippen LogP contribution in [0, 0.1) is 4.78 Å². The first-order valence-electron chi connectivity index (χ1n) is 5.12. The molecule has 5 nitrogen and oxygen atoms in total. The number of hydrogen-bond donors (Lipinski definition) is 2. The van der Waals surface area contributed by atoms with Gasteiger partial charge in [-0.2, -0.15) is 0 Å². The van der Waals surface area contributed by atoms with E-state index in [9.17, 15) is 4.21 Å². The van der Waals surface area contributed by atoms with Gasteiger partial charge in [0.2, 0.25) is 0 Å². The lowest BCUT2D eigenvalue weighted by atomic mass is 10.1. The van der Waals surface area contributed by atoms with Crippen LogP contribution >= 0.6 is 0 Å². The van der Waals surface area contributed by atoms with Crippen LogP contribution in [0.3, 0.4) is 0 Å². The number of hydrogen-bond acceptors (Lipinski definition) is 5. The van der Waals surface area contributed by atoms with E-state index in [0.717, 1.165) is 5.56 Å². The Hall–Kier alpha value is -1.27. The SMILES string of the molecule is COc1cc(S(C)(=N)=O)c(OC)cc1CCN. The molecule has 0 spiro atoms. The number of rotatable bonds is 5. The van der Waals surface area contributed by atoms with Gasteiger partial charge in [-0.05, 0) is 24.6 Å². The molecular weight excluding hydrogens is 240 g/mol. The molecule has 17 heavy (non-hydrogen) atoms. The van der Waals surface area contributed by atoms with E-state index in [-0.39, 0.29) is 0 Å². The van der Waals surface area contributed by atoms with Crippen molar-refractivity contribution in [2.24, 2.45) is 5.73 Å². The summed E-state index contributed by atoms with van der Waals surface area (Å²) in [6.07, 6.45) is 2.00. The van der Waals surface area contributed by atoms with Crippen LogP contribution in [0.2, 0.25) is 0 Å². The van der Waals surface area contributed by atoms with E-state index in [1.807, 2.05) is 0 Å². The molecule has 1 atom stereocenters. The second kappa shape index (κ2) is 5.37. The Morgan fingerprint density at radius 2 is 1.88 bits per heavy atom. The molecule has 0 saturated carbocycles. The molecule has 0 fully saturated rings. The van der Waals surface area contributed by atoms with E-state index in [1.54, 1.807) is 12.1 Å². The molecule has 0 aliphatic heterocycles. The highest BCUT2D eigenvalue weighted by Gasteiger charge is 2.15. The summed E-state index contributed by atoms with van der Waals surface area (Å²) in [6.45, 7) is 0.487. The molecule has 0 radical (unpaired) electrons. The lowest BCUT2D eigenvalue weighted by Gasteiger charge is -2.14. The van der Waals surface area contributed by atoms with Crippen molar-refractivity contribution in [2.45, 2.75) is 11.3 Å². The van der Waals surface area contributed by atoms with Crippen LogP contribution in [0.5, 0.6) is 11.5 Å². The number of ether oxygens (including phenoxy) is 2. The Labute approximate surface area is 102 Å². The highest BCUT2D eigenvalue weighted by molar-refractivity contribution is 7.91. The summed E-state index contributed by atoms with van der Waals surface area (Å²) in [5.41, 5.74) is 6.40. The van der Waals surface area contributed by atoms with Gasteiger partial charge in [0.15, 0.2) is 0 Å². The smallest absolute Gasteiger partial charge is 0.136 e. The molecule has 1 aromatic rings. The second-order valence-electron chi connectivity index (χ2n) is 3.70. The molecule has 96 valence electrons. The van der Waals surface area contributed by atoms with Crippen molar-refractivity contribution in [3.63, 3.8) is 0 Å². The number of nitrogens with one attached hydrogen (secondary N) is 1. The zero-order chi connectivity index (χ0) is 13.1. The second-order valence-corrected chi connectivity index (χ2v) is 5.82. The number of benzene rings is 1. The summed E-state index contributed by atoms with van der Waals surface area (Å²) in [4.78, 5) is 0.345. The minimum atomic E-state index is -2.85. The van der Waals surface area contributed by atoms with Crippen LogP contribution in [-0.2, 0) is 16.1 Å². The van der Waals surface area contributed by atoms with Crippen molar-refractivity contribution in [2.75, 3.05) is 27.0 Å². The van der Waals surface area contributed by atoms with E-state index < -0.39 is 9.73 Å². The third-order valence-electron chi connectivity index (χ3n) is 2.40. The zero-order valence-electron chi connectivity index (χ0n) is 10.3. The van der Waals surface area contributed by atoms with Gasteiger partial charge in [-0.15, -0.1) is 0 Å². The Bertz CT molecular complexity index is 498. The van der Waals surface area contributed by atoms with E-state index in [4.69, 9.17) is 20.0 Å². The molecular formula is C11H18N2O3S. The van der Waals surface area contributed by atoms with Crippen LogP contribution in [-0.4, -0.2) is 31.2 Å². The lowest BCUT2D eigenvalue weighted by Crippen LogP contribution is -2.07. The van der Waals surface area contributed by atoms with Crippen LogP contribution in [0.25, 0.3) is 0 Å². The third-order valence-corrected chi connectivity index (χ3v) is 3.56. The van der Waals surface area contributed by atoms with Crippen molar-refractivity contribution in [3.05, 3.63) is 17.7 Å². The fourth-order valence-electron chi connectivity index (χ4n) is 1.59. The predicted octanol–water partition coefficient (Wildman–Crippen LogP) is 1.24. The Morgan fingerprint density at radius 3 is 2.29 bits per heavy atom. The van der Waals surface area contributed by atoms with E-state index >= 15 is 0 Å². The molecule has 0 aromatic heterocycles. The maximum Gasteiger partial charge on any atom is 0.136 e. The first kappa shape index (κ1) is 13.8. The maximum atomic E-state index is 11.8. The first-order chi connectivity index (χ1) is 7.93.